The van der Waals surface area contributed by atoms with E-state index in [1.54, 1.807) is 17.3 Å². The van der Waals surface area contributed by atoms with Gasteiger partial charge < -0.3 is 10.6 Å². The lowest BCUT2D eigenvalue weighted by Crippen LogP contribution is -2.52. The van der Waals surface area contributed by atoms with E-state index in [-0.39, 0.29) is 23.3 Å². The van der Waals surface area contributed by atoms with Gasteiger partial charge in [-0.15, -0.1) is 0 Å². The second-order valence-corrected chi connectivity index (χ2v) is 6.51. The zero-order valence-electron chi connectivity index (χ0n) is 12.8. The third kappa shape index (κ3) is 2.57. The molecule has 4 nitrogen and oxygen atoms in total. The van der Waals surface area contributed by atoms with Crippen LogP contribution in [0.5, 0.6) is 0 Å². The van der Waals surface area contributed by atoms with Crippen molar-refractivity contribution in [3.05, 3.63) is 24.5 Å². The van der Waals surface area contributed by atoms with E-state index in [0.717, 1.165) is 18.5 Å². The Morgan fingerprint density at radius 2 is 1.95 bits per heavy atom. The third-order valence-electron chi connectivity index (χ3n) is 5.18. The smallest absolute Gasteiger partial charge is 0.230 e. The minimum absolute atomic E-state index is 0.0236. The molecule has 0 radical (unpaired) electrons. The van der Waals surface area contributed by atoms with Crippen LogP contribution in [0.15, 0.2) is 24.5 Å². The molecule has 1 heterocycles. The summed E-state index contributed by atoms with van der Waals surface area (Å²) in [6.45, 7) is 6.50. The van der Waals surface area contributed by atoms with Crippen molar-refractivity contribution in [2.45, 2.75) is 39.7 Å². The SMILES string of the molecule is CC1C(N)CCC(C(=O)N(C)c2ccncc2)C1(C)C. The molecule has 2 N–H and O–H groups in total. The molecule has 4 heteroatoms. The van der Waals surface area contributed by atoms with E-state index >= 15 is 0 Å². The van der Waals surface area contributed by atoms with Crippen LogP contribution < -0.4 is 10.6 Å². The van der Waals surface area contributed by atoms with Crippen LogP contribution in [-0.2, 0) is 4.79 Å². The maximum atomic E-state index is 12.8. The van der Waals surface area contributed by atoms with Gasteiger partial charge in [0.2, 0.25) is 5.91 Å². The molecule has 1 aliphatic carbocycles. The van der Waals surface area contributed by atoms with Gasteiger partial charge in [-0.25, -0.2) is 0 Å². The molecule has 0 bridgehead atoms. The standard InChI is InChI=1S/C16H25N3O/c1-11-14(17)6-5-13(16(11,2)3)15(20)19(4)12-7-9-18-10-8-12/h7-11,13-14H,5-6,17H2,1-4H3. The topological polar surface area (TPSA) is 59.2 Å². The molecule has 0 aromatic carbocycles. The van der Waals surface area contributed by atoms with Crippen LogP contribution in [0.1, 0.15) is 33.6 Å². The van der Waals surface area contributed by atoms with E-state index in [2.05, 4.69) is 25.8 Å². The van der Waals surface area contributed by atoms with Gasteiger partial charge in [-0.1, -0.05) is 20.8 Å². The first-order chi connectivity index (χ1) is 9.35. The van der Waals surface area contributed by atoms with Gasteiger partial charge in [-0.05, 0) is 36.3 Å². The first-order valence-corrected chi connectivity index (χ1v) is 7.29. The molecule has 2 rings (SSSR count). The van der Waals surface area contributed by atoms with Gasteiger partial charge in [0.25, 0.3) is 0 Å². The van der Waals surface area contributed by atoms with Crippen LogP contribution in [0.2, 0.25) is 0 Å². The van der Waals surface area contributed by atoms with Gasteiger partial charge >= 0.3 is 0 Å². The Hall–Kier alpha value is -1.42. The number of nitrogens with zero attached hydrogens (tertiary/aromatic N) is 2. The summed E-state index contributed by atoms with van der Waals surface area (Å²) in [6.07, 6.45) is 5.21. The van der Waals surface area contributed by atoms with Crippen molar-refractivity contribution in [1.29, 1.82) is 0 Å². The number of amides is 1. The quantitative estimate of drug-likeness (QED) is 0.902. The summed E-state index contributed by atoms with van der Waals surface area (Å²) in [4.78, 5) is 18.6. The van der Waals surface area contributed by atoms with Crippen molar-refractivity contribution < 1.29 is 4.79 Å². The van der Waals surface area contributed by atoms with Crippen molar-refractivity contribution in [2.24, 2.45) is 23.0 Å². The van der Waals surface area contributed by atoms with Gasteiger partial charge in [-0.3, -0.25) is 9.78 Å². The summed E-state index contributed by atoms with van der Waals surface area (Å²) < 4.78 is 0. The molecule has 1 amide bonds. The highest BCUT2D eigenvalue weighted by atomic mass is 16.2. The fourth-order valence-electron chi connectivity index (χ4n) is 3.22. The predicted molar refractivity (Wildman–Crippen MR) is 81.3 cm³/mol. The lowest BCUT2D eigenvalue weighted by atomic mass is 9.60. The van der Waals surface area contributed by atoms with Gasteiger partial charge in [0, 0.05) is 37.1 Å². The number of anilines is 1. The lowest BCUT2D eigenvalue weighted by Gasteiger charge is -2.47. The number of pyridine rings is 1. The molecule has 1 aromatic heterocycles. The predicted octanol–water partition coefficient (Wildman–Crippen LogP) is 2.44. The highest BCUT2D eigenvalue weighted by molar-refractivity contribution is 5.95. The molecule has 20 heavy (non-hydrogen) atoms. The fourth-order valence-corrected chi connectivity index (χ4v) is 3.22. The van der Waals surface area contributed by atoms with Crippen LogP contribution in [0.25, 0.3) is 0 Å². The molecule has 1 fully saturated rings. The largest absolute Gasteiger partial charge is 0.327 e. The van der Waals surface area contributed by atoms with Crippen molar-refractivity contribution >= 4 is 11.6 Å². The van der Waals surface area contributed by atoms with Crippen molar-refractivity contribution in [2.75, 3.05) is 11.9 Å². The summed E-state index contributed by atoms with van der Waals surface area (Å²) in [5.41, 5.74) is 6.99. The zero-order valence-corrected chi connectivity index (χ0v) is 12.8. The minimum Gasteiger partial charge on any atom is -0.327 e. The Bertz CT molecular complexity index is 472. The molecular formula is C16H25N3O. The highest BCUT2D eigenvalue weighted by Gasteiger charge is 2.45. The van der Waals surface area contributed by atoms with Crippen molar-refractivity contribution in [3.63, 3.8) is 0 Å². The number of nitrogens with two attached hydrogens (primary N) is 1. The Morgan fingerprint density at radius 3 is 2.55 bits per heavy atom. The fraction of sp³-hybridized carbons (Fsp3) is 0.625. The monoisotopic (exact) mass is 275 g/mol. The second kappa shape index (κ2) is 5.52. The zero-order chi connectivity index (χ0) is 14.9. The average molecular weight is 275 g/mol. The Kier molecular flexibility index (Phi) is 4.14. The normalized spacial score (nSPS) is 28.9. The molecule has 3 atom stereocenters. The maximum Gasteiger partial charge on any atom is 0.230 e. The van der Waals surface area contributed by atoms with E-state index < -0.39 is 0 Å². The minimum atomic E-state index is -0.0734. The molecule has 3 unspecified atom stereocenters. The number of hydrogen-bond acceptors (Lipinski definition) is 3. The Morgan fingerprint density at radius 1 is 1.35 bits per heavy atom. The molecule has 1 aromatic rings. The number of rotatable bonds is 2. The van der Waals surface area contributed by atoms with Crippen LogP contribution in [0.4, 0.5) is 5.69 Å². The number of hydrogen-bond donors (Lipinski definition) is 1. The van der Waals surface area contributed by atoms with Crippen LogP contribution >= 0.6 is 0 Å². The van der Waals surface area contributed by atoms with Gasteiger partial charge in [-0.2, -0.15) is 0 Å². The summed E-state index contributed by atoms with van der Waals surface area (Å²) in [5.74, 6) is 0.548. The molecule has 0 spiro atoms. The van der Waals surface area contributed by atoms with Crippen LogP contribution in [0, 0.1) is 17.3 Å². The number of carbonyl (C=O) groups is 1. The van der Waals surface area contributed by atoms with Gasteiger partial charge in [0.1, 0.15) is 0 Å². The number of aromatic nitrogens is 1. The Balaban J connectivity index is 2.21. The number of carbonyl (C=O) groups excluding carboxylic acids is 1. The van der Waals surface area contributed by atoms with Gasteiger partial charge in [0.15, 0.2) is 0 Å². The second-order valence-electron chi connectivity index (χ2n) is 6.51. The lowest BCUT2D eigenvalue weighted by molar-refractivity contribution is -0.129. The van der Waals surface area contributed by atoms with Crippen molar-refractivity contribution in [1.82, 2.24) is 4.98 Å². The van der Waals surface area contributed by atoms with E-state index in [4.69, 9.17) is 5.73 Å². The first-order valence-electron chi connectivity index (χ1n) is 7.29. The van der Waals surface area contributed by atoms with E-state index in [9.17, 15) is 4.79 Å². The summed E-state index contributed by atoms with van der Waals surface area (Å²) in [5, 5.41) is 0. The molecule has 0 saturated heterocycles. The van der Waals surface area contributed by atoms with E-state index in [1.165, 1.54) is 0 Å². The molecule has 0 aliphatic heterocycles. The Labute approximate surface area is 121 Å². The first kappa shape index (κ1) is 15.0. The van der Waals surface area contributed by atoms with Crippen molar-refractivity contribution in [3.8, 4) is 0 Å². The van der Waals surface area contributed by atoms with Gasteiger partial charge in [0.05, 0.1) is 0 Å². The molecule has 1 saturated carbocycles. The van der Waals surface area contributed by atoms with E-state index in [1.807, 2.05) is 19.2 Å². The summed E-state index contributed by atoms with van der Waals surface area (Å²) >= 11 is 0. The molecular weight excluding hydrogens is 250 g/mol. The third-order valence-corrected chi connectivity index (χ3v) is 5.18. The van der Waals surface area contributed by atoms with Crippen LogP contribution in [-0.4, -0.2) is 24.0 Å². The highest BCUT2D eigenvalue weighted by Crippen LogP contribution is 2.45. The molecule has 110 valence electrons. The summed E-state index contributed by atoms with van der Waals surface area (Å²) in [6, 6.07) is 3.92. The molecule has 1 aliphatic rings. The average Bonchev–Trinajstić information content (AvgIpc) is 2.44. The summed E-state index contributed by atoms with van der Waals surface area (Å²) in [7, 11) is 1.84. The van der Waals surface area contributed by atoms with E-state index in [0.29, 0.717) is 5.92 Å². The maximum absolute atomic E-state index is 12.8. The van der Waals surface area contributed by atoms with Crippen LogP contribution in [0.3, 0.4) is 0 Å².